The van der Waals surface area contributed by atoms with Gasteiger partial charge in [-0.1, -0.05) is 29.8 Å². The lowest BCUT2D eigenvalue weighted by Gasteiger charge is -2.17. The van der Waals surface area contributed by atoms with Crippen LogP contribution >= 0.6 is 15.9 Å². The Labute approximate surface area is 110 Å². The summed E-state index contributed by atoms with van der Waals surface area (Å²) in [5, 5.41) is 12.2. The SMILES string of the molecule is Cc1cc(NCC(C(=O)O)C(C)C)ccc1Br. The van der Waals surface area contributed by atoms with Gasteiger partial charge in [0.25, 0.3) is 0 Å². The summed E-state index contributed by atoms with van der Waals surface area (Å²) in [5.74, 6) is -0.989. The van der Waals surface area contributed by atoms with Crippen molar-refractivity contribution in [2.75, 3.05) is 11.9 Å². The summed E-state index contributed by atoms with van der Waals surface area (Å²) >= 11 is 3.43. The second-order valence-corrected chi connectivity index (χ2v) is 5.39. The van der Waals surface area contributed by atoms with Gasteiger partial charge in [-0.2, -0.15) is 0 Å². The standard InChI is InChI=1S/C13H18BrNO2/c1-8(2)11(13(16)17)7-15-10-4-5-12(14)9(3)6-10/h4-6,8,11,15H,7H2,1-3H3,(H,16,17). The van der Waals surface area contributed by atoms with Crippen molar-refractivity contribution in [2.45, 2.75) is 20.8 Å². The molecule has 0 saturated heterocycles. The molecule has 0 aliphatic heterocycles. The molecule has 4 heteroatoms. The molecule has 0 aliphatic rings. The molecular weight excluding hydrogens is 282 g/mol. The quantitative estimate of drug-likeness (QED) is 0.874. The van der Waals surface area contributed by atoms with Gasteiger partial charge in [0, 0.05) is 16.7 Å². The average Bonchev–Trinajstić information content (AvgIpc) is 2.22. The minimum atomic E-state index is -0.749. The van der Waals surface area contributed by atoms with Crippen molar-refractivity contribution in [3.63, 3.8) is 0 Å². The molecule has 0 aromatic heterocycles. The average molecular weight is 300 g/mol. The van der Waals surface area contributed by atoms with Gasteiger partial charge in [0.1, 0.15) is 0 Å². The summed E-state index contributed by atoms with van der Waals surface area (Å²) < 4.78 is 1.06. The van der Waals surface area contributed by atoms with E-state index in [-0.39, 0.29) is 11.8 Å². The maximum absolute atomic E-state index is 11.0. The van der Waals surface area contributed by atoms with E-state index in [1.165, 1.54) is 0 Å². The third kappa shape index (κ3) is 4.04. The fourth-order valence-electron chi connectivity index (χ4n) is 1.59. The van der Waals surface area contributed by atoms with Gasteiger partial charge >= 0.3 is 5.97 Å². The Morgan fingerprint density at radius 1 is 1.47 bits per heavy atom. The van der Waals surface area contributed by atoms with Gasteiger partial charge in [0.15, 0.2) is 0 Å². The van der Waals surface area contributed by atoms with Gasteiger partial charge in [-0.3, -0.25) is 4.79 Å². The number of aryl methyl sites for hydroxylation is 1. The zero-order chi connectivity index (χ0) is 13.0. The number of carboxylic acid groups (broad SMARTS) is 1. The molecule has 0 aliphatic carbocycles. The lowest BCUT2D eigenvalue weighted by atomic mass is 9.96. The van der Waals surface area contributed by atoms with Gasteiger partial charge in [0.05, 0.1) is 5.92 Å². The minimum absolute atomic E-state index is 0.122. The normalized spacial score (nSPS) is 12.5. The minimum Gasteiger partial charge on any atom is -0.481 e. The van der Waals surface area contributed by atoms with E-state index >= 15 is 0 Å². The van der Waals surface area contributed by atoms with Crippen LogP contribution in [0.2, 0.25) is 0 Å². The van der Waals surface area contributed by atoms with Crippen LogP contribution in [0.25, 0.3) is 0 Å². The first-order chi connectivity index (χ1) is 7.91. The Bertz CT molecular complexity index is 404. The van der Waals surface area contributed by atoms with Crippen LogP contribution in [0.5, 0.6) is 0 Å². The van der Waals surface area contributed by atoms with Crippen LogP contribution in [-0.4, -0.2) is 17.6 Å². The van der Waals surface area contributed by atoms with E-state index in [1.807, 2.05) is 39.0 Å². The number of aliphatic carboxylic acids is 1. The fourth-order valence-corrected chi connectivity index (χ4v) is 1.84. The van der Waals surface area contributed by atoms with Crippen molar-refractivity contribution in [2.24, 2.45) is 11.8 Å². The topological polar surface area (TPSA) is 49.3 Å². The highest BCUT2D eigenvalue weighted by atomic mass is 79.9. The summed E-state index contributed by atoms with van der Waals surface area (Å²) in [6.45, 7) is 6.31. The number of carbonyl (C=O) groups is 1. The molecule has 2 N–H and O–H groups in total. The van der Waals surface area contributed by atoms with Crippen LogP contribution in [0.1, 0.15) is 19.4 Å². The number of rotatable bonds is 5. The van der Waals surface area contributed by atoms with Gasteiger partial charge in [-0.15, -0.1) is 0 Å². The molecular formula is C13H18BrNO2. The number of hydrogen-bond donors (Lipinski definition) is 2. The Balaban J connectivity index is 2.65. The molecule has 0 saturated carbocycles. The summed E-state index contributed by atoms with van der Waals surface area (Å²) in [6.07, 6.45) is 0. The summed E-state index contributed by atoms with van der Waals surface area (Å²) in [7, 11) is 0. The van der Waals surface area contributed by atoms with E-state index in [0.717, 1.165) is 15.7 Å². The van der Waals surface area contributed by atoms with E-state index in [9.17, 15) is 4.79 Å². The van der Waals surface area contributed by atoms with Crippen LogP contribution < -0.4 is 5.32 Å². The molecule has 0 fully saturated rings. The summed E-state index contributed by atoms with van der Waals surface area (Å²) in [6, 6.07) is 5.91. The molecule has 1 atom stereocenters. The van der Waals surface area contributed by atoms with Crippen molar-refractivity contribution < 1.29 is 9.90 Å². The smallest absolute Gasteiger partial charge is 0.308 e. The second kappa shape index (κ2) is 6.05. The van der Waals surface area contributed by atoms with Crippen molar-refractivity contribution in [1.29, 1.82) is 0 Å². The zero-order valence-electron chi connectivity index (χ0n) is 10.3. The van der Waals surface area contributed by atoms with Crippen LogP contribution in [0.15, 0.2) is 22.7 Å². The first kappa shape index (κ1) is 14.0. The highest BCUT2D eigenvalue weighted by Gasteiger charge is 2.20. The Morgan fingerprint density at radius 3 is 2.59 bits per heavy atom. The highest BCUT2D eigenvalue weighted by Crippen LogP contribution is 2.21. The highest BCUT2D eigenvalue weighted by molar-refractivity contribution is 9.10. The van der Waals surface area contributed by atoms with E-state index in [0.29, 0.717) is 6.54 Å². The second-order valence-electron chi connectivity index (χ2n) is 4.53. The third-order valence-corrected chi connectivity index (χ3v) is 3.70. The predicted octanol–water partition coefficient (Wildman–Crippen LogP) is 3.53. The Hall–Kier alpha value is -1.03. The predicted molar refractivity (Wildman–Crippen MR) is 73.3 cm³/mol. The molecule has 94 valence electrons. The third-order valence-electron chi connectivity index (χ3n) is 2.81. The molecule has 0 bridgehead atoms. The molecule has 1 rings (SSSR count). The number of carboxylic acids is 1. The van der Waals surface area contributed by atoms with Gasteiger partial charge < -0.3 is 10.4 Å². The molecule has 0 spiro atoms. The number of benzene rings is 1. The van der Waals surface area contributed by atoms with Gasteiger partial charge in [0.2, 0.25) is 0 Å². The van der Waals surface area contributed by atoms with E-state index in [4.69, 9.17) is 5.11 Å². The van der Waals surface area contributed by atoms with Crippen molar-refractivity contribution >= 4 is 27.6 Å². The lowest BCUT2D eigenvalue weighted by molar-refractivity contribution is -0.142. The molecule has 0 amide bonds. The van der Waals surface area contributed by atoms with Gasteiger partial charge in [-0.05, 0) is 36.6 Å². The monoisotopic (exact) mass is 299 g/mol. The van der Waals surface area contributed by atoms with E-state index < -0.39 is 5.97 Å². The zero-order valence-corrected chi connectivity index (χ0v) is 11.9. The van der Waals surface area contributed by atoms with E-state index in [1.54, 1.807) is 0 Å². The first-order valence-electron chi connectivity index (χ1n) is 5.64. The van der Waals surface area contributed by atoms with Crippen LogP contribution in [0.4, 0.5) is 5.69 Å². The summed E-state index contributed by atoms with van der Waals surface area (Å²) in [5.41, 5.74) is 2.09. The number of nitrogens with one attached hydrogen (secondary N) is 1. The number of hydrogen-bond acceptors (Lipinski definition) is 2. The van der Waals surface area contributed by atoms with Crippen molar-refractivity contribution in [3.05, 3.63) is 28.2 Å². The summed E-state index contributed by atoms with van der Waals surface area (Å²) in [4.78, 5) is 11.0. The molecule has 0 heterocycles. The first-order valence-corrected chi connectivity index (χ1v) is 6.44. The molecule has 17 heavy (non-hydrogen) atoms. The molecule has 1 unspecified atom stereocenters. The van der Waals surface area contributed by atoms with Crippen molar-refractivity contribution in [3.8, 4) is 0 Å². The number of anilines is 1. The lowest BCUT2D eigenvalue weighted by Crippen LogP contribution is -2.27. The molecule has 0 radical (unpaired) electrons. The maximum atomic E-state index is 11.0. The van der Waals surface area contributed by atoms with E-state index in [2.05, 4.69) is 21.2 Å². The Kier molecular flexibility index (Phi) is 5.00. The molecule has 3 nitrogen and oxygen atoms in total. The van der Waals surface area contributed by atoms with Crippen LogP contribution in [0, 0.1) is 18.8 Å². The van der Waals surface area contributed by atoms with Gasteiger partial charge in [-0.25, -0.2) is 0 Å². The Morgan fingerprint density at radius 2 is 2.12 bits per heavy atom. The van der Waals surface area contributed by atoms with Crippen LogP contribution in [-0.2, 0) is 4.79 Å². The fraction of sp³-hybridized carbons (Fsp3) is 0.462. The maximum Gasteiger partial charge on any atom is 0.308 e. The van der Waals surface area contributed by atoms with Crippen LogP contribution in [0.3, 0.4) is 0 Å². The molecule has 1 aromatic rings. The molecule has 1 aromatic carbocycles. The largest absolute Gasteiger partial charge is 0.481 e. The van der Waals surface area contributed by atoms with Crippen molar-refractivity contribution in [1.82, 2.24) is 0 Å². The number of halogens is 1.